The van der Waals surface area contributed by atoms with Crippen molar-refractivity contribution in [2.24, 2.45) is 5.73 Å². The molecule has 2 N–H and O–H groups in total. The lowest BCUT2D eigenvalue weighted by Gasteiger charge is -2.14. The highest BCUT2D eigenvalue weighted by Gasteiger charge is 2.10. The Kier molecular flexibility index (Phi) is 3.70. The SMILES string of the molecule is NC(CCc1ccccn1)c1cccc2ncccc12. The van der Waals surface area contributed by atoms with Crippen molar-refractivity contribution < 1.29 is 0 Å². The molecule has 1 atom stereocenters. The summed E-state index contributed by atoms with van der Waals surface area (Å²) < 4.78 is 0. The maximum atomic E-state index is 6.35. The molecule has 0 spiro atoms. The van der Waals surface area contributed by atoms with Crippen LogP contribution in [0.15, 0.2) is 60.9 Å². The van der Waals surface area contributed by atoms with Gasteiger partial charge in [0, 0.05) is 29.5 Å². The van der Waals surface area contributed by atoms with E-state index in [0.29, 0.717) is 0 Å². The van der Waals surface area contributed by atoms with E-state index in [1.807, 2.05) is 48.8 Å². The van der Waals surface area contributed by atoms with Gasteiger partial charge in [0.25, 0.3) is 0 Å². The number of pyridine rings is 2. The van der Waals surface area contributed by atoms with E-state index in [1.165, 1.54) is 0 Å². The zero-order valence-electron chi connectivity index (χ0n) is 11.2. The van der Waals surface area contributed by atoms with Gasteiger partial charge >= 0.3 is 0 Å². The Hall–Kier alpha value is -2.26. The molecule has 0 amide bonds. The molecule has 2 aromatic heterocycles. The number of aryl methyl sites for hydroxylation is 1. The van der Waals surface area contributed by atoms with Gasteiger partial charge in [-0.05, 0) is 42.7 Å². The fourth-order valence-corrected chi connectivity index (χ4v) is 2.46. The summed E-state index contributed by atoms with van der Waals surface area (Å²) in [6, 6.07) is 16.1. The van der Waals surface area contributed by atoms with Gasteiger partial charge in [-0.15, -0.1) is 0 Å². The lowest BCUT2D eigenvalue weighted by atomic mass is 9.97. The van der Waals surface area contributed by atoms with E-state index in [4.69, 9.17) is 5.73 Å². The summed E-state index contributed by atoms with van der Waals surface area (Å²) in [6.07, 6.45) is 5.40. The van der Waals surface area contributed by atoms with Crippen molar-refractivity contribution in [2.45, 2.75) is 18.9 Å². The van der Waals surface area contributed by atoms with Crippen LogP contribution in [0.5, 0.6) is 0 Å². The van der Waals surface area contributed by atoms with Gasteiger partial charge in [0.2, 0.25) is 0 Å². The quantitative estimate of drug-likeness (QED) is 0.786. The fraction of sp³-hybridized carbons (Fsp3) is 0.176. The number of fused-ring (bicyclic) bond motifs is 1. The van der Waals surface area contributed by atoms with Crippen LogP contribution in [-0.4, -0.2) is 9.97 Å². The van der Waals surface area contributed by atoms with Crippen molar-refractivity contribution in [3.05, 3.63) is 72.2 Å². The Morgan fingerprint density at radius 1 is 0.900 bits per heavy atom. The standard InChI is InChI=1S/C17H17N3/c18-16(10-9-13-5-1-2-11-19-13)14-6-3-8-17-15(14)7-4-12-20-17/h1-8,11-12,16H,9-10,18H2. The number of hydrogen-bond acceptors (Lipinski definition) is 3. The van der Waals surface area contributed by atoms with Crippen LogP contribution in [0, 0.1) is 0 Å². The lowest BCUT2D eigenvalue weighted by Crippen LogP contribution is -2.12. The zero-order chi connectivity index (χ0) is 13.8. The molecule has 2 heterocycles. The number of nitrogens with two attached hydrogens (primary N) is 1. The molecule has 0 saturated carbocycles. The molecular weight excluding hydrogens is 246 g/mol. The first-order valence-electron chi connectivity index (χ1n) is 6.84. The van der Waals surface area contributed by atoms with Crippen LogP contribution in [0.25, 0.3) is 10.9 Å². The van der Waals surface area contributed by atoms with Crippen LogP contribution < -0.4 is 5.73 Å². The predicted octanol–water partition coefficient (Wildman–Crippen LogP) is 3.26. The highest BCUT2D eigenvalue weighted by molar-refractivity contribution is 5.82. The third kappa shape index (κ3) is 2.68. The molecule has 3 rings (SSSR count). The van der Waals surface area contributed by atoms with E-state index >= 15 is 0 Å². The molecule has 20 heavy (non-hydrogen) atoms. The first kappa shape index (κ1) is 12.8. The number of nitrogens with zero attached hydrogens (tertiary/aromatic N) is 2. The number of hydrogen-bond donors (Lipinski definition) is 1. The van der Waals surface area contributed by atoms with Crippen molar-refractivity contribution in [3.63, 3.8) is 0 Å². The second-order valence-electron chi connectivity index (χ2n) is 4.88. The molecule has 0 bridgehead atoms. The molecule has 3 aromatic rings. The molecule has 3 nitrogen and oxygen atoms in total. The van der Waals surface area contributed by atoms with Crippen molar-refractivity contribution >= 4 is 10.9 Å². The zero-order valence-corrected chi connectivity index (χ0v) is 11.2. The third-order valence-electron chi connectivity index (χ3n) is 3.52. The predicted molar refractivity (Wildman–Crippen MR) is 81.2 cm³/mol. The van der Waals surface area contributed by atoms with Gasteiger partial charge in [0.1, 0.15) is 0 Å². The van der Waals surface area contributed by atoms with E-state index < -0.39 is 0 Å². The maximum Gasteiger partial charge on any atom is 0.0705 e. The van der Waals surface area contributed by atoms with Gasteiger partial charge in [-0.3, -0.25) is 9.97 Å². The van der Waals surface area contributed by atoms with Crippen LogP contribution >= 0.6 is 0 Å². The van der Waals surface area contributed by atoms with Crippen LogP contribution in [0.4, 0.5) is 0 Å². The average molecular weight is 263 g/mol. The molecule has 100 valence electrons. The highest BCUT2D eigenvalue weighted by atomic mass is 14.7. The number of rotatable bonds is 4. The monoisotopic (exact) mass is 263 g/mol. The summed E-state index contributed by atoms with van der Waals surface area (Å²) in [7, 11) is 0. The van der Waals surface area contributed by atoms with E-state index in [2.05, 4.69) is 22.1 Å². The fourth-order valence-electron chi connectivity index (χ4n) is 2.46. The summed E-state index contributed by atoms with van der Waals surface area (Å²) in [6.45, 7) is 0. The highest BCUT2D eigenvalue weighted by Crippen LogP contribution is 2.24. The largest absolute Gasteiger partial charge is 0.324 e. The lowest BCUT2D eigenvalue weighted by molar-refractivity contribution is 0.648. The minimum absolute atomic E-state index is 0.00454. The van der Waals surface area contributed by atoms with Gasteiger partial charge in [-0.1, -0.05) is 24.3 Å². The first-order chi connectivity index (χ1) is 9.84. The molecule has 3 heteroatoms. The maximum absolute atomic E-state index is 6.35. The van der Waals surface area contributed by atoms with Crippen LogP contribution in [0.3, 0.4) is 0 Å². The molecule has 0 saturated heterocycles. The van der Waals surface area contributed by atoms with Gasteiger partial charge in [0.05, 0.1) is 5.52 Å². The molecule has 1 unspecified atom stereocenters. The Balaban J connectivity index is 1.80. The van der Waals surface area contributed by atoms with Crippen LogP contribution in [0.1, 0.15) is 23.7 Å². The van der Waals surface area contributed by atoms with E-state index in [9.17, 15) is 0 Å². The van der Waals surface area contributed by atoms with Gasteiger partial charge in [-0.25, -0.2) is 0 Å². The van der Waals surface area contributed by atoms with Gasteiger partial charge in [0.15, 0.2) is 0 Å². The van der Waals surface area contributed by atoms with Crippen molar-refractivity contribution in [2.75, 3.05) is 0 Å². The Morgan fingerprint density at radius 2 is 1.80 bits per heavy atom. The Bertz CT molecular complexity index is 689. The van der Waals surface area contributed by atoms with E-state index in [1.54, 1.807) is 0 Å². The summed E-state index contributed by atoms with van der Waals surface area (Å²) in [5.74, 6) is 0. The molecule has 0 fully saturated rings. The van der Waals surface area contributed by atoms with Crippen LogP contribution in [-0.2, 0) is 6.42 Å². The number of benzene rings is 1. The Morgan fingerprint density at radius 3 is 2.65 bits per heavy atom. The summed E-state index contributed by atoms with van der Waals surface area (Å²) in [4.78, 5) is 8.71. The summed E-state index contributed by atoms with van der Waals surface area (Å²) in [5.41, 5.74) is 9.60. The molecule has 1 aromatic carbocycles. The smallest absolute Gasteiger partial charge is 0.0705 e. The minimum atomic E-state index is 0.00454. The second-order valence-corrected chi connectivity index (χ2v) is 4.88. The van der Waals surface area contributed by atoms with Crippen molar-refractivity contribution in [3.8, 4) is 0 Å². The third-order valence-corrected chi connectivity index (χ3v) is 3.52. The van der Waals surface area contributed by atoms with Crippen molar-refractivity contribution in [1.82, 2.24) is 9.97 Å². The topological polar surface area (TPSA) is 51.8 Å². The Labute approximate surface area is 118 Å². The van der Waals surface area contributed by atoms with Crippen LogP contribution in [0.2, 0.25) is 0 Å². The molecule has 0 radical (unpaired) electrons. The van der Waals surface area contributed by atoms with E-state index in [-0.39, 0.29) is 6.04 Å². The van der Waals surface area contributed by atoms with Gasteiger partial charge in [-0.2, -0.15) is 0 Å². The first-order valence-corrected chi connectivity index (χ1v) is 6.84. The summed E-state index contributed by atoms with van der Waals surface area (Å²) >= 11 is 0. The number of aromatic nitrogens is 2. The average Bonchev–Trinajstić information content (AvgIpc) is 2.53. The molecule has 0 aliphatic heterocycles. The van der Waals surface area contributed by atoms with E-state index in [0.717, 1.165) is 35.0 Å². The van der Waals surface area contributed by atoms with Crippen molar-refractivity contribution in [1.29, 1.82) is 0 Å². The summed E-state index contributed by atoms with van der Waals surface area (Å²) in [5, 5.41) is 1.14. The molecular formula is C17H17N3. The molecule has 0 aliphatic rings. The normalized spacial score (nSPS) is 12.4. The molecule has 0 aliphatic carbocycles. The van der Waals surface area contributed by atoms with Gasteiger partial charge < -0.3 is 5.73 Å². The minimum Gasteiger partial charge on any atom is -0.324 e. The second kappa shape index (κ2) is 5.80.